The van der Waals surface area contributed by atoms with Gasteiger partial charge in [-0.15, -0.1) is 0 Å². The van der Waals surface area contributed by atoms with Gasteiger partial charge >= 0.3 is 5.97 Å². The van der Waals surface area contributed by atoms with E-state index in [9.17, 15) is 9.59 Å². The van der Waals surface area contributed by atoms with Gasteiger partial charge in [0.1, 0.15) is 0 Å². The van der Waals surface area contributed by atoms with Gasteiger partial charge in [-0.2, -0.15) is 5.10 Å². The van der Waals surface area contributed by atoms with Gasteiger partial charge in [-0.05, 0) is 39.7 Å². The zero-order valence-corrected chi connectivity index (χ0v) is 15.1. The molecule has 0 radical (unpaired) electrons. The van der Waals surface area contributed by atoms with Crippen LogP contribution in [-0.4, -0.2) is 45.8 Å². The normalized spacial score (nSPS) is 15.3. The maximum atomic E-state index is 12.3. The van der Waals surface area contributed by atoms with Crippen LogP contribution in [0.2, 0.25) is 0 Å². The first-order chi connectivity index (χ1) is 11.5. The third kappa shape index (κ3) is 5.08. The van der Waals surface area contributed by atoms with Crippen LogP contribution in [-0.2, 0) is 20.9 Å². The van der Waals surface area contributed by atoms with Gasteiger partial charge in [0.2, 0.25) is 0 Å². The molecule has 1 aromatic rings. The summed E-state index contributed by atoms with van der Waals surface area (Å²) >= 11 is 0. The summed E-state index contributed by atoms with van der Waals surface area (Å²) in [5, 5.41) is 4.31. The molecule has 6 heteroatoms. The summed E-state index contributed by atoms with van der Waals surface area (Å²) in [6.07, 6.45) is 5.96. The number of aryl methyl sites for hydroxylation is 3. The molecule has 0 aliphatic heterocycles. The molecular weight excluding hydrogens is 306 g/mol. The lowest BCUT2D eigenvalue weighted by Gasteiger charge is -2.33. The molecule has 1 aliphatic rings. The Morgan fingerprint density at radius 3 is 2.58 bits per heavy atom. The third-order valence-corrected chi connectivity index (χ3v) is 4.66. The van der Waals surface area contributed by atoms with Crippen molar-refractivity contribution in [1.29, 1.82) is 0 Å². The summed E-state index contributed by atoms with van der Waals surface area (Å²) in [7, 11) is 0. The van der Waals surface area contributed by atoms with Gasteiger partial charge < -0.3 is 9.64 Å². The van der Waals surface area contributed by atoms with Crippen molar-refractivity contribution in [2.75, 3.05) is 13.2 Å². The van der Waals surface area contributed by atoms with E-state index >= 15 is 0 Å². The molecule has 2 rings (SSSR count). The van der Waals surface area contributed by atoms with Crippen molar-refractivity contribution in [2.45, 2.75) is 71.9 Å². The SMILES string of the molecule is CCN(C(=O)COC(=O)CCn1nc(C)cc1C)C1CCCCC1. The van der Waals surface area contributed by atoms with Gasteiger partial charge in [-0.3, -0.25) is 14.3 Å². The molecule has 0 aromatic carbocycles. The molecule has 1 amide bonds. The number of ether oxygens (including phenoxy) is 1. The number of aromatic nitrogens is 2. The van der Waals surface area contributed by atoms with Crippen molar-refractivity contribution < 1.29 is 14.3 Å². The lowest BCUT2D eigenvalue weighted by Crippen LogP contribution is -2.43. The highest BCUT2D eigenvalue weighted by molar-refractivity contribution is 5.80. The number of carbonyl (C=O) groups is 2. The molecule has 0 unspecified atom stereocenters. The largest absolute Gasteiger partial charge is 0.456 e. The van der Waals surface area contributed by atoms with E-state index in [0.29, 0.717) is 19.1 Å². The fraction of sp³-hybridized carbons (Fsp3) is 0.722. The molecule has 24 heavy (non-hydrogen) atoms. The molecule has 1 aromatic heterocycles. The fourth-order valence-electron chi connectivity index (χ4n) is 3.43. The first kappa shape index (κ1) is 18.5. The van der Waals surface area contributed by atoms with E-state index < -0.39 is 0 Å². The predicted octanol–water partition coefficient (Wildman–Crippen LogP) is 2.61. The van der Waals surface area contributed by atoms with E-state index in [2.05, 4.69) is 5.10 Å². The second kappa shape index (κ2) is 8.85. The zero-order valence-electron chi connectivity index (χ0n) is 15.1. The minimum absolute atomic E-state index is 0.0798. The van der Waals surface area contributed by atoms with Crippen molar-refractivity contribution in [3.8, 4) is 0 Å². The molecule has 0 saturated heterocycles. The Morgan fingerprint density at radius 1 is 1.29 bits per heavy atom. The summed E-state index contributed by atoms with van der Waals surface area (Å²) in [4.78, 5) is 26.1. The number of carbonyl (C=O) groups excluding carboxylic acids is 2. The number of nitrogens with zero attached hydrogens (tertiary/aromatic N) is 3. The van der Waals surface area contributed by atoms with E-state index in [-0.39, 0.29) is 24.9 Å². The number of esters is 1. The van der Waals surface area contributed by atoms with Gasteiger partial charge in [-0.25, -0.2) is 0 Å². The molecule has 0 bridgehead atoms. The fourth-order valence-corrected chi connectivity index (χ4v) is 3.43. The van der Waals surface area contributed by atoms with Crippen LogP contribution in [0.15, 0.2) is 6.07 Å². The molecule has 134 valence electrons. The van der Waals surface area contributed by atoms with Crippen LogP contribution in [0, 0.1) is 13.8 Å². The Balaban J connectivity index is 1.75. The third-order valence-electron chi connectivity index (χ3n) is 4.66. The smallest absolute Gasteiger partial charge is 0.308 e. The maximum Gasteiger partial charge on any atom is 0.308 e. The lowest BCUT2D eigenvalue weighted by molar-refractivity contribution is -0.153. The molecular formula is C18H29N3O3. The minimum atomic E-state index is -0.351. The van der Waals surface area contributed by atoms with E-state index in [0.717, 1.165) is 24.2 Å². The molecule has 1 heterocycles. The van der Waals surface area contributed by atoms with Crippen LogP contribution in [0.5, 0.6) is 0 Å². The second-order valence-electron chi connectivity index (χ2n) is 6.53. The van der Waals surface area contributed by atoms with Gasteiger partial charge in [0.25, 0.3) is 5.91 Å². The van der Waals surface area contributed by atoms with E-state index in [1.165, 1.54) is 19.3 Å². The first-order valence-corrected chi connectivity index (χ1v) is 8.97. The number of likely N-dealkylation sites (N-methyl/N-ethyl adjacent to an activating group) is 1. The van der Waals surface area contributed by atoms with Gasteiger partial charge in [0.05, 0.1) is 18.7 Å². The van der Waals surface area contributed by atoms with Crippen LogP contribution < -0.4 is 0 Å². The highest BCUT2D eigenvalue weighted by Gasteiger charge is 2.24. The molecule has 0 spiro atoms. The van der Waals surface area contributed by atoms with Gasteiger partial charge in [-0.1, -0.05) is 19.3 Å². The number of rotatable bonds is 7. The maximum absolute atomic E-state index is 12.3. The van der Waals surface area contributed by atoms with Crippen LogP contribution in [0.3, 0.4) is 0 Å². The summed E-state index contributed by atoms with van der Waals surface area (Å²) < 4.78 is 6.97. The van der Waals surface area contributed by atoms with Crippen molar-refractivity contribution in [3.05, 3.63) is 17.5 Å². The minimum Gasteiger partial charge on any atom is -0.456 e. The molecule has 1 saturated carbocycles. The summed E-state index contributed by atoms with van der Waals surface area (Å²) in [6, 6.07) is 2.28. The topological polar surface area (TPSA) is 64.4 Å². The Morgan fingerprint density at radius 2 is 2.00 bits per heavy atom. The Bertz CT molecular complexity index is 562. The van der Waals surface area contributed by atoms with E-state index in [4.69, 9.17) is 4.74 Å². The Labute approximate surface area is 144 Å². The van der Waals surface area contributed by atoms with Crippen molar-refractivity contribution in [3.63, 3.8) is 0 Å². The molecule has 1 fully saturated rings. The summed E-state index contributed by atoms with van der Waals surface area (Å²) in [6.45, 7) is 6.86. The molecule has 0 atom stereocenters. The van der Waals surface area contributed by atoms with E-state index in [1.54, 1.807) is 4.68 Å². The average molecular weight is 335 g/mol. The highest BCUT2D eigenvalue weighted by Crippen LogP contribution is 2.22. The quantitative estimate of drug-likeness (QED) is 0.719. The standard InChI is InChI=1S/C18H29N3O3/c1-4-20(16-8-6-5-7-9-16)17(22)13-24-18(23)10-11-21-15(3)12-14(2)19-21/h12,16H,4-11,13H2,1-3H3. The number of hydrogen-bond donors (Lipinski definition) is 0. The Hall–Kier alpha value is -1.85. The summed E-state index contributed by atoms with van der Waals surface area (Å²) in [5.74, 6) is -0.431. The average Bonchev–Trinajstić information content (AvgIpc) is 2.90. The monoisotopic (exact) mass is 335 g/mol. The summed E-state index contributed by atoms with van der Waals surface area (Å²) in [5.41, 5.74) is 1.95. The second-order valence-corrected chi connectivity index (χ2v) is 6.53. The predicted molar refractivity (Wildman–Crippen MR) is 91.5 cm³/mol. The number of amides is 1. The van der Waals surface area contributed by atoms with Gasteiger partial charge in [0, 0.05) is 18.3 Å². The highest BCUT2D eigenvalue weighted by atomic mass is 16.5. The van der Waals surface area contributed by atoms with Crippen LogP contribution in [0.4, 0.5) is 0 Å². The Kier molecular flexibility index (Phi) is 6.82. The lowest BCUT2D eigenvalue weighted by atomic mass is 9.94. The van der Waals surface area contributed by atoms with Crippen molar-refractivity contribution in [1.82, 2.24) is 14.7 Å². The molecule has 0 N–H and O–H groups in total. The number of hydrogen-bond acceptors (Lipinski definition) is 4. The van der Waals surface area contributed by atoms with Crippen LogP contribution in [0.25, 0.3) is 0 Å². The van der Waals surface area contributed by atoms with Crippen molar-refractivity contribution in [2.24, 2.45) is 0 Å². The van der Waals surface area contributed by atoms with Crippen molar-refractivity contribution >= 4 is 11.9 Å². The van der Waals surface area contributed by atoms with Crippen LogP contribution >= 0.6 is 0 Å². The molecule has 1 aliphatic carbocycles. The molecule has 6 nitrogen and oxygen atoms in total. The van der Waals surface area contributed by atoms with Crippen LogP contribution in [0.1, 0.15) is 56.8 Å². The van der Waals surface area contributed by atoms with E-state index in [1.807, 2.05) is 31.7 Å². The zero-order chi connectivity index (χ0) is 17.5. The first-order valence-electron chi connectivity index (χ1n) is 8.97. The van der Waals surface area contributed by atoms with Gasteiger partial charge in [0.15, 0.2) is 6.61 Å².